The third-order valence-electron chi connectivity index (χ3n) is 4.87. The molecule has 25 heavy (non-hydrogen) atoms. The number of nitrogens with zero attached hydrogens (tertiary/aromatic N) is 4. The summed E-state index contributed by atoms with van der Waals surface area (Å²) in [6.07, 6.45) is -3.42. The van der Waals surface area contributed by atoms with E-state index in [1.54, 1.807) is 7.05 Å². The van der Waals surface area contributed by atoms with E-state index in [9.17, 15) is 13.2 Å². The van der Waals surface area contributed by atoms with Gasteiger partial charge in [0.1, 0.15) is 0 Å². The number of hydrogen-bond donors (Lipinski definition) is 2. The van der Waals surface area contributed by atoms with Crippen LogP contribution in [0.1, 0.15) is 13.3 Å². The lowest BCUT2D eigenvalue weighted by atomic mass is 10.3. The average molecular weight is 364 g/mol. The van der Waals surface area contributed by atoms with Crippen LogP contribution in [0.5, 0.6) is 0 Å². The SMILES string of the molecule is CCN1CCN(CCNC(=NC)NC2CCN(CC(F)(F)F)C2)CC1. The van der Waals surface area contributed by atoms with Crippen molar-refractivity contribution in [2.45, 2.75) is 25.6 Å². The molecule has 0 aromatic rings. The summed E-state index contributed by atoms with van der Waals surface area (Å²) in [5, 5.41) is 6.51. The molecule has 0 bridgehead atoms. The quantitative estimate of drug-likeness (QED) is 0.529. The van der Waals surface area contributed by atoms with Crippen LogP contribution >= 0.6 is 0 Å². The summed E-state index contributed by atoms with van der Waals surface area (Å²) >= 11 is 0. The highest BCUT2D eigenvalue weighted by atomic mass is 19.4. The molecule has 6 nitrogen and oxygen atoms in total. The zero-order valence-electron chi connectivity index (χ0n) is 15.3. The summed E-state index contributed by atoms with van der Waals surface area (Å²) in [4.78, 5) is 10.5. The summed E-state index contributed by atoms with van der Waals surface area (Å²) in [6.45, 7) is 9.44. The minimum absolute atomic E-state index is 0.0154. The maximum absolute atomic E-state index is 12.4. The third-order valence-corrected chi connectivity index (χ3v) is 4.87. The first kappa shape index (κ1) is 20.3. The number of likely N-dealkylation sites (tertiary alicyclic amines) is 1. The van der Waals surface area contributed by atoms with Crippen LogP contribution in [0.2, 0.25) is 0 Å². The maximum atomic E-state index is 12.4. The van der Waals surface area contributed by atoms with Gasteiger partial charge < -0.3 is 15.5 Å². The van der Waals surface area contributed by atoms with Crippen LogP contribution < -0.4 is 10.6 Å². The van der Waals surface area contributed by atoms with Crippen molar-refractivity contribution in [3.63, 3.8) is 0 Å². The van der Waals surface area contributed by atoms with E-state index in [2.05, 4.69) is 32.3 Å². The van der Waals surface area contributed by atoms with Gasteiger partial charge in [-0.3, -0.25) is 14.8 Å². The van der Waals surface area contributed by atoms with Gasteiger partial charge in [-0.15, -0.1) is 0 Å². The average Bonchev–Trinajstić information content (AvgIpc) is 2.99. The van der Waals surface area contributed by atoms with Gasteiger partial charge in [-0.1, -0.05) is 6.92 Å². The lowest BCUT2D eigenvalue weighted by Gasteiger charge is -2.34. The second kappa shape index (κ2) is 9.59. The first-order valence-corrected chi connectivity index (χ1v) is 9.10. The smallest absolute Gasteiger partial charge is 0.355 e. The Bertz CT molecular complexity index is 421. The summed E-state index contributed by atoms with van der Waals surface area (Å²) in [5.74, 6) is 0.672. The fourth-order valence-corrected chi connectivity index (χ4v) is 3.40. The van der Waals surface area contributed by atoms with Crippen LogP contribution in [-0.4, -0.2) is 105 Å². The number of hydrogen-bond acceptors (Lipinski definition) is 4. The Kier molecular flexibility index (Phi) is 7.77. The molecule has 2 rings (SSSR count). The zero-order valence-corrected chi connectivity index (χ0v) is 15.3. The molecule has 0 aromatic heterocycles. The Hall–Kier alpha value is -1.06. The third kappa shape index (κ3) is 7.37. The Labute approximate surface area is 148 Å². The molecule has 0 radical (unpaired) electrons. The van der Waals surface area contributed by atoms with Gasteiger partial charge in [0.25, 0.3) is 0 Å². The second-order valence-corrected chi connectivity index (χ2v) is 6.76. The Morgan fingerprint density at radius 2 is 1.76 bits per heavy atom. The molecule has 2 fully saturated rings. The lowest BCUT2D eigenvalue weighted by molar-refractivity contribution is -0.143. The molecule has 2 aliphatic rings. The Balaban J connectivity index is 1.63. The van der Waals surface area contributed by atoms with Crippen LogP contribution in [-0.2, 0) is 0 Å². The normalized spacial score (nSPS) is 24.7. The number of aliphatic imine (C=N–C) groups is 1. The number of nitrogens with one attached hydrogen (secondary N) is 2. The summed E-state index contributed by atoms with van der Waals surface area (Å²) < 4.78 is 37.3. The van der Waals surface area contributed by atoms with Gasteiger partial charge in [-0.2, -0.15) is 13.2 Å². The second-order valence-electron chi connectivity index (χ2n) is 6.76. The Morgan fingerprint density at radius 1 is 1.08 bits per heavy atom. The number of alkyl halides is 3. The van der Waals surface area contributed by atoms with Crippen LogP contribution in [0.25, 0.3) is 0 Å². The van der Waals surface area contributed by atoms with Gasteiger partial charge in [-0.25, -0.2) is 0 Å². The summed E-state index contributed by atoms with van der Waals surface area (Å²) in [6, 6.07) is 0.0154. The highest BCUT2D eigenvalue weighted by Gasteiger charge is 2.34. The molecule has 2 heterocycles. The van der Waals surface area contributed by atoms with Crippen molar-refractivity contribution in [3.05, 3.63) is 0 Å². The number of halogens is 3. The number of rotatable bonds is 6. The number of piperazine rings is 1. The standard InChI is InChI=1S/C16H31F3N6/c1-3-23-8-10-24(11-9-23)7-5-21-15(20-2)22-14-4-6-25(12-14)13-16(17,18)19/h14H,3-13H2,1-2H3,(H2,20,21,22). The molecule has 2 saturated heterocycles. The molecule has 1 atom stereocenters. The molecule has 0 saturated carbocycles. The molecular formula is C16H31F3N6. The van der Waals surface area contributed by atoms with E-state index in [1.807, 2.05) is 0 Å². The van der Waals surface area contributed by atoms with Crippen LogP contribution in [0.15, 0.2) is 4.99 Å². The van der Waals surface area contributed by atoms with E-state index in [-0.39, 0.29) is 6.04 Å². The van der Waals surface area contributed by atoms with Gasteiger partial charge in [0, 0.05) is 65.4 Å². The van der Waals surface area contributed by atoms with Crippen molar-refractivity contribution in [1.82, 2.24) is 25.3 Å². The van der Waals surface area contributed by atoms with Crippen LogP contribution in [0.4, 0.5) is 13.2 Å². The summed E-state index contributed by atoms with van der Waals surface area (Å²) in [5.41, 5.74) is 0. The monoisotopic (exact) mass is 364 g/mol. The first-order valence-electron chi connectivity index (χ1n) is 9.10. The van der Waals surface area contributed by atoms with Crippen molar-refractivity contribution in [2.24, 2.45) is 4.99 Å². The molecule has 0 spiro atoms. The summed E-state index contributed by atoms with van der Waals surface area (Å²) in [7, 11) is 1.69. The topological polar surface area (TPSA) is 46.1 Å². The van der Waals surface area contributed by atoms with Crippen LogP contribution in [0.3, 0.4) is 0 Å². The molecule has 1 unspecified atom stereocenters. The first-order chi connectivity index (χ1) is 11.9. The molecule has 0 aromatic carbocycles. The number of guanidine groups is 1. The van der Waals surface area contributed by atoms with Crippen molar-refractivity contribution in [3.8, 4) is 0 Å². The van der Waals surface area contributed by atoms with E-state index < -0.39 is 12.7 Å². The molecule has 146 valence electrons. The predicted octanol–water partition coefficient (Wildman–Crippen LogP) is 0.426. The minimum Gasteiger partial charge on any atom is -0.355 e. The van der Waals surface area contributed by atoms with Crippen molar-refractivity contribution in [1.29, 1.82) is 0 Å². The van der Waals surface area contributed by atoms with Crippen molar-refractivity contribution >= 4 is 5.96 Å². The van der Waals surface area contributed by atoms with Gasteiger partial charge in [0.15, 0.2) is 5.96 Å². The molecular weight excluding hydrogens is 333 g/mol. The number of likely N-dealkylation sites (N-methyl/N-ethyl adjacent to an activating group) is 1. The van der Waals surface area contributed by atoms with Gasteiger partial charge in [0.05, 0.1) is 6.54 Å². The van der Waals surface area contributed by atoms with E-state index in [0.29, 0.717) is 25.5 Å². The molecule has 0 aliphatic carbocycles. The molecule has 9 heteroatoms. The zero-order chi connectivity index (χ0) is 18.3. The van der Waals surface area contributed by atoms with Gasteiger partial charge >= 0.3 is 6.18 Å². The van der Waals surface area contributed by atoms with Crippen molar-refractivity contribution in [2.75, 3.05) is 72.5 Å². The molecule has 2 aliphatic heterocycles. The fourth-order valence-electron chi connectivity index (χ4n) is 3.40. The molecule has 0 amide bonds. The molecule has 2 N–H and O–H groups in total. The van der Waals surface area contributed by atoms with Crippen LogP contribution in [0, 0.1) is 0 Å². The van der Waals surface area contributed by atoms with E-state index in [1.165, 1.54) is 4.90 Å². The predicted molar refractivity (Wildman–Crippen MR) is 94.0 cm³/mol. The van der Waals surface area contributed by atoms with E-state index >= 15 is 0 Å². The minimum atomic E-state index is -4.13. The van der Waals surface area contributed by atoms with E-state index in [4.69, 9.17) is 0 Å². The highest BCUT2D eigenvalue weighted by Crippen LogP contribution is 2.19. The Morgan fingerprint density at radius 3 is 2.36 bits per heavy atom. The highest BCUT2D eigenvalue weighted by molar-refractivity contribution is 5.80. The lowest BCUT2D eigenvalue weighted by Crippen LogP contribution is -2.50. The maximum Gasteiger partial charge on any atom is 0.401 e. The van der Waals surface area contributed by atoms with Gasteiger partial charge in [0.2, 0.25) is 0 Å². The van der Waals surface area contributed by atoms with Crippen molar-refractivity contribution < 1.29 is 13.2 Å². The van der Waals surface area contributed by atoms with Gasteiger partial charge in [-0.05, 0) is 13.0 Å². The largest absolute Gasteiger partial charge is 0.401 e. The van der Waals surface area contributed by atoms with E-state index in [0.717, 1.165) is 45.8 Å². The fraction of sp³-hybridized carbons (Fsp3) is 0.938.